The van der Waals surface area contributed by atoms with Crippen molar-refractivity contribution in [2.24, 2.45) is 0 Å². The molecule has 2 heterocycles. The van der Waals surface area contributed by atoms with Gasteiger partial charge < -0.3 is 22.4 Å². The van der Waals surface area contributed by atoms with Gasteiger partial charge in [-0.1, -0.05) is 55.4 Å². The zero-order valence-corrected chi connectivity index (χ0v) is 21.1. The fourth-order valence-electron chi connectivity index (χ4n) is 4.63. The molecule has 2 fully saturated rings. The first-order valence-electron chi connectivity index (χ1n) is 10.7. The highest BCUT2D eigenvalue weighted by Gasteiger charge is 2.60. The molecule has 2 aliphatic heterocycles. The smallest absolute Gasteiger partial charge is 0.335 e. The van der Waals surface area contributed by atoms with Gasteiger partial charge in [-0.3, -0.25) is 4.79 Å². The molecule has 0 N–H and O–H groups in total. The van der Waals surface area contributed by atoms with Crippen LogP contribution in [0.1, 0.15) is 68.2 Å². The van der Waals surface area contributed by atoms with Gasteiger partial charge in [0.25, 0.3) is 0 Å². The molecule has 2 saturated heterocycles. The summed E-state index contributed by atoms with van der Waals surface area (Å²) >= 11 is 0. The van der Waals surface area contributed by atoms with Crippen LogP contribution in [0.4, 0.5) is 0 Å². The fourth-order valence-corrected chi connectivity index (χ4v) is 15.9. The number of fused-ring (bicyclic) bond motifs is 1. The standard InChI is InChI=1S/C20H40O6Si2/c1-13(2)27(14(3)4)23-12-19-18(10-17(24-19)11-20(21)22-9)25-28(26-27,15(5)6)16(7)8/h13-19H,10-12H2,1-9H3/t17-,18-,19+/m0/s1. The van der Waals surface area contributed by atoms with E-state index in [1.807, 2.05) is 0 Å². The Labute approximate surface area is 173 Å². The maximum atomic E-state index is 11.8. The molecule has 0 radical (unpaired) electrons. The Morgan fingerprint density at radius 1 is 0.929 bits per heavy atom. The summed E-state index contributed by atoms with van der Waals surface area (Å²) in [4.78, 5) is 11.8. The maximum absolute atomic E-state index is 11.8. The van der Waals surface area contributed by atoms with Gasteiger partial charge >= 0.3 is 23.1 Å². The first kappa shape index (κ1) is 24.0. The van der Waals surface area contributed by atoms with Crippen LogP contribution < -0.4 is 0 Å². The molecule has 8 heteroatoms. The van der Waals surface area contributed by atoms with Crippen molar-refractivity contribution in [3.05, 3.63) is 0 Å². The number of ether oxygens (including phenoxy) is 2. The zero-order valence-electron chi connectivity index (χ0n) is 19.1. The van der Waals surface area contributed by atoms with E-state index < -0.39 is 17.1 Å². The summed E-state index contributed by atoms with van der Waals surface area (Å²) in [6.45, 7) is 18.2. The van der Waals surface area contributed by atoms with E-state index in [2.05, 4.69) is 55.4 Å². The van der Waals surface area contributed by atoms with Gasteiger partial charge in [-0.15, -0.1) is 0 Å². The molecular weight excluding hydrogens is 392 g/mol. The van der Waals surface area contributed by atoms with Gasteiger partial charge in [-0.05, 0) is 22.2 Å². The average Bonchev–Trinajstić information content (AvgIpc) is 2.94. The Morgan fingerprint density at radius 3 is 1.93 bits per heavy atom. The quantitative estimate of drug-likeness (QED) is 0.449. The molecule has 2 aliphatic rings. The summed E-state index contributed by atoms with van der Waals surface area (Å²) in [6, 6.07) is 0. The van der Waals surface area contributed by atoms with Crippen LogP contribution in [-0.4, -0.2) is 55.1 Å². The van der Waals surface area contributed by atoms with Gasteiger partial charge in [0.05, 0.1) is 32.3 Å². The predicted octanol–water partition coefficient (Wildman–Crippen LogP) is 4.66. The second-order valence-corrected chi connectivity index (χ2v) is 18.3. The van der Waals surface area contributed by atoms with Crippen LogP contribution in [0.15, 0.2) is 0 Å². The number of methoxy groups -OCH3 is 1. The molecule has 6 nitrogen and oxygen atoms in total. The summed E-state index contributed by atoms with van der Waals surface area (Å²) in [5.41, 5.74) is 1.20. The minimum atomic E-state index is -2.60. The van der Waals surface area contributed by atoms with Gasteiger partial charge in [0.15, 0.2) is 0 Å². The van der Waals surface area contributed by atoms with E-state index in [1.165, 1.54) is 7.11 Å². The molecule has 0 unspecified atom stereocenters. The molecule has 3 atom stereocenters. The molecule has 0 aliphatic carbocycles. The second-order valence-electron chi connectivity index (χ2n) is 9.44. The average molecular weight is 433 g/mol. The molecule has 0 aromatic carbocycles. The highest BCUT2D eigenvalue weighted by Crippen LogP contribution is 2.47. The lowest BCUT2D eigenvalue weighted by atomic mass is 10.1. The Kier molecular flexibility index (Phi) is 7.95. The minimum absolute atomic E-state index is 0.0996. The summed E-state index contributed by atoms with van der Waals surface area (Å²) in [7, 11) is -3.73. The summed E-state index contributed by atoms with van der Waals surface area (Å²) in [5, 5.41) is 0. The van der Waals surface area contributed by atoms with Crippen LogP contribution in [0.25, 0.3) is 0 Å². The molecule has 0 aromatic rings. The molecule has 0 bridgehead atoms. The number of esters is 1. The van der Waals surface area contributed by atoms with Crippen LogP contribution in [0, 0.1) is 0 Å². The van der Waals surface area contributed by atoms with E-state index in [1.54, 1.807) is 0 Å². The van der Waals surface area contributed by atoms with E-state index >= 15 is 0 Å². The Morgan fingerprint density at radius 2 is 1.46 bits per heavy atom. The van der Waals surface area contributed by atoms with Gasteiger partial charge in [-0.2, -0.15) is 0 Å². The minimum Gasteiger partial charge on any atom is -0.469 e. The lowest BCUT2D eigenvalue weighted by Crippen LogP contribution is -2.65. The van der Waals surface area contributed by atoms with Crippen molar-refractivity contribution in [1.29, 1.82) is 0 Å². The monoisotopic (exact) mass is 432 g/mol. The third-order valence-electron chi connectivity index (χ3n) is 6.25. The van der Waals surface area contributed by atoms with Crippen molar-refractivity contribution in [2.45, 2.75) is 109 Å². The van der Waals surface area contributed by atoms with Crippen molar-refractivity contribution < 1.29 is 27.2 Å². The Bertz CT molecular complexity index is 521. The molecule has 0 spiro atoms. The predicted molar refractivity (Wildman–Crippen MR) is 114 cm³/mol. The van der Waals surface area contributed by atoms with E-state index in [4.69, 9.17) is 22.4 Å². The van der Waals surface area contributed by atoms with Crippen molar-refractivity contribution in [2.75, 3.05) is 13.7 Å². The Hall–Kier alpha value is -0.256. The summed E-state index contributed by atoms with van der Waals surface area (Å²) in [6.07, 6.45) is 0.482. The number of carbonyl (C=O) groups is 1. The molecule has 0 amide bonds. The van der Waals surface area contributed by atoms with E-state index in [-0.39, 0.29) is 30.7 Å². The molecule has 164 valence electrons. The largest absolute Gasteiger partial charge is 0.469 e. The van der Waals surface area contributed by atoms with E-state index in [0.29, 0.717) is 35.2 Å². The summed E-state index contributed by atoms with van der Waals surface area (Å²) in [5.74, 6) is -0.249. The van der Waals surface area contributed by atoms with Crippen LogP contribution >= 0.6 is 0 Å². The first-order valence-corrected chi connectivity index (χ1v) is 14.7. The van der Waals surface area contributed by atoms with Crippen molar-refractivity contribution >= 4 is 23.1 Å². The molecule has 0 saturated carbocycles. The lowest BCUT2D eigenvalue weighted by Gasteiger charge is -2.51. The van der Waals surface area contributed by atoms with Crippen LogP contribution in [0.2, 0.25) is 22.2 Å². The second kappa shape index (κ2) is 9.26. The van der Waals surface area contributed by atoms with Crippen molar-refractivity contribution in [3.63, 3.8) is 0 Å². The SMILES string of the molecule is COC(=O)C[C@@H]1C[C@@H]2O[Si](C(C)C)(C(C)C)O[Si](C(C)C)(C(C)C)OC[C@H]2O1. The number of hydrogen-bond donors (Lipinski definition) is 0. The fraction of sp³-hybridized carbons (Fsp3) is 0.950. The van der Waals surface area contributed by atoms with Crippen molar-refractivity contribution in [3.8, 4) is 0 Å². The van der Waals surface area contributed by atoms with Crippen LogP contribution in [0.5, 0.6) is 0 Å². The van der Waals surface area contributed by atoms with Gasteiger partial charge in [0.1, 0.15) is 6.10 Å². The van der Waals surface area contributed by atoms with E-state index in [0.717, 1.165) is 0 Å². The van der Waals surface area contributed by atoms with Crippen LogP contribution in [0.3, 0.4) is 0 Å². The zero-order chi connectivity index (χ0) is 21.3. The normalized spacial score (nSPS) is 29.8. The summed E-state index contributed by atoms with van der Waals surface area (Å²) < 4.78 is 31.8. The maximum Gasteiger partial charge on any atom is 0.335 e. The highest BCUT2D eigenvalue weighted by molar-refractivity contribution is 6.83. The van der Waals surface area contributed by atoms with E-state index in [9.17, 15) is 4.79 Å². The van der Waals surface area contributed by atoms with Gasteiger partial charge in [-0.25, -0.2) is 0 Å². The first-order chi connectivity index (χ1) is 13.0. The van der Waals surface area contributed by atoms with Crippen molar-refractivity contribution in [1.82, 2.24) is 0 Å². The number of rotatable bonds is 6. The molecule has 0 aromatic heterocycles. The van der Waals surface area contributed by atoms with Gasteiger partial charge in [0, 0.05) is 6.42 Å². The highest BCUT2D eigenvalue weighted by atomic mass is 28.5. The lowest BCUT2D eigenvalue weighted by molar-refractivity contribution is -0.144. The number of carbonyl (C=O) groups excluding carboxylic acids is 1. The van der Waals surface area contributed by atoms with Crippen LogP contribution in [-0.2, 0) is 27.2 Å². The number of hydrogen-bond acceptors (Lipinski definition) is 6. The third kappa shape index (κ3) is 4.57. The Balaban J connectivity index is 2.41. The van der Waals surface area contributed by atoms with Gasteiger partial charge in [0.2, 0.25) is 0 Å². The molecule has 2 rings (SSSR count). The topological polar surface area (TPSA) is 63.2 Å². The molecular formula is C20H40O6Si2. The molecule has 28 heavy (non-hydrogen) atoms. The third-order valence-corrected chi connectivity index (χ3v) is 16.5.